The fourth-order valence-electron chi connectivity index (χ4n) is 7.30. The fourth-order valence-corrected chi connectivity index (χ4v) is 8.34. The van der Waals surface area contributed by atoms with Gasteiger partial charge in [0, 0.05) is 76.9 Å². The molecule has 6 aromatic rings. The van der Waals surface area contributed by atoms with E-state index in [0.717, 1.165) is 88.0 Å². The van der Waals surface area contributed by atoms with Crippen molar-refractivity contribution in [3.8, 4) is 0 Å². The number of anilines is 3. The number of fused-ring (bicyclic) bond motifs is 1. The number of hydrogen-bond donors (Lipinski definition) is 6. The predicted octanol–water partition coefficient (Wildman–Crippen LogP) is 7.38. The molecule has 0 aliphatic carbocycles. The van der Waals surface area contributed by atoms with E-state index < -0.39 is 0 Å². The van der Waals surface area contributed by atoms with E-state index in [1.807, 2.05) is 48.8 Å². The number of hydrogen-bond acceptors (Lipinski definition) is 14. The molecule has 0 fully saturated rings. The highest BCUT2D eigenvalue weighted by atomic mass is 32.1. The monoisotopic (exact) mass is 908 g/mol. The number of nitrogens with zero attached hydrogens (tertiary/aromatic N) is 7. The molecular formula is C47H65N13O4S. The number of rotatable bonds is 31. The third-order valence-electron chi connectivity index (χ3n) is 10.4. The molecule has 5 heterocycles. The van der Waals surface area contributed by atoms with Crippen molar-refractivity contribution < 1.29 is 19.1 Å². The topological polar surface area (TPSA) is 217 Å². The van der Waals surface area contributed by atoms with Crippen LogP contribution in [0.5, 0.6) is 0 Å². The van der Waals surface area contributed by atoms with Gasteiger partial charge in [-0.25, -0.2) is 24.9 Å². The summed E-state index contributed by atoms with van der Waals surface area (Å²) in [4.78, 5) is 60.4. The van der Waals surface area contributed by atoms with Crippen molar-refractivity contribution in [3.05, 3.63) is 107 Å². The van der Waals surface area contributed by atoms with E-state index in [0.29, 0.717) is 103 Å². The second kappa shape index (κ2) is 27.0. The maximum Gasteiger partial charge on any atom is 0.225 e. The Morgan fingerprint density at radius 1 is 0.662 bits per heavy atom. The Labute approximate surface area is 385 Å². The van der Waals surface area contributed by atoms with Crippen LogP contribution in [-0.2, 0) is 58.3 Å². The average Bonchev–Trinajstić information content (AvgIpc) is 4.10. The molecule has 0 bridgehead atoms. The van der Waals surface area contributed by atoms with Crippen LogP contribution in [0.15, 0.2) is 73.3 Å². The number of pyridine rings is 2. The first-order valence-corrected chi connectivity index (χ1v) is 23.6. The fraction of sp³-hybridized carbons (Fsp3) is 0.468. The Morgan fingerprint density at radius 2 is 1.22 bits per heavy atom. The number of nitrogens with one attached hydrogen (secondary N) is 5. The van der Waals surface area contributed by atoms with Crippen LogP contribution in [0, 0.1) is 0 Å². The summed E-state index contributed by atoms with van der Waals surface area (Å²) in [5.41, 5.74) is 10.3. The lowest BCUT2D eigenvalue weighted by molar-refractivity contribution is -0.117. The highest BCUT2D eigenvalue weighted by molar-refractivity contribution is 7.22. The summed E-state index contributed by atoms with van der Waals surface area (Å²) in [6.07, 6.45) is 14.0. The lowest BCUT2D eigenvalue weighted by atomic mass is 10.1. The molecule has 7 N–H and O–H groups in total. The highest BCUT2D eigenvalue weighted by Crippen LogP contribution is 2.34. The first-order valence-electron chi connectivity index (χ1n) is 22.8. The summed E-state index contributed by atoms with van der Waals surface area (Å²) in [5.74, 6) is 2.71. The van der Waals surface area contributed by atoms with Crippen LogP contribution in [0.3, 0.4) is 0 Å². The van der Waals surface area contributed by atoms with Gasteiger partial charge in [0.1, 0.15) is 23.3 Å². The van der Waals surface area contributed by atoms with Crippen molar-refractivity contribution in [2.75, 3.05) is 55.5 Å². The summed E-state index contributed by atoms with van der Waals surface area (Å²) < 4.78 is 12.3. The molecule has 0 unspecified atom stereocenters. The number of unbranched alkanes of at least 4 members (excludes halogenated alkanes) is 4. The predicted molar refractivity (Wildman–Crippen MR) is 256 cm³/mol. The van der Waals surface area contributed by atoms with Gasteiger partial charge in [0.05, 0.1) is 61.1 Å². The van der Waals surface area contributed by atoms with Gasteiger partial charge in [-0.05, 0) is 48.2 Å². The van der Waals surface area contributed by atoms with Gasteiger partial charge < -0.3 is 41.1 Å². The Bertz CT molecular complexity index is 2160. The molecular weight excluding hydrogens is 843 g/mol. The zero-order valence-corrected chi connectivity index (χ0v) is 38.6. The van der Waals surface area contributed by atoms with Gasteiger partial charge in [-0.3, -0.25) is 19.4 Å². The zero-order chi connectivity index (χ0) is 45.5. The summed E-state index contributed by atoms with van der Waals surface area (Å²) in [7, 11) is 0. The molecule has 0 saturated carbocycles. The van der Waals surface area contributed by atoms with Crippen LogP contribution in [0.25, 0.3) is 10.2 Å². The van der Waals surface area contributed by atoms with E-state index in [4.69, 9.17) is 30.2 Å². The number of H-pyrrole nitrogens is 2. The van der Waals surface area contributed by atoms with E-state index in [-0.39, 0.29) is 11.8 Å². The second-order valence-electron chi connectivity index (χ2n) is 15.9. The third-order valence-corrected chi connectivity index (χ3v) is 11.5. The van der Waals surface area contributed by atoms with Gasteiger partial charge in [0.15, 0.2) is 5.13 Å². The zero-order valence-electron chi connectivity index (χ0n) is 37.8. The number of nitrogens with two attached hydrogens (primary N) is 1. The van der Waals surface area contributed by atoms with Crippen molar-refractivity contribution in [1.29, 1.82) is 0 Å². The quantitative estimate of drug-likeness (QED) is 0.0235. The van der Waals surface area contributed by atoms with Gasteiger partial charge in [0.2, 0.25) is 11.8 Å². The van der Waals surface area contributed by atoms with Crippen molar-refractivity contribution >= 4 is 50.1 Å². The van der Waals surface area contributed by atoms with Crippen LogP contribution in [0.4, 0.5) is 16.8 Å². The van der Waals surface area contributed by atoms with E-state index in [2.05, 4.69) is 71.7 Å². The number of thiazole rings is 1. The van der Waals surface area contributed by atoms with E-state index in [1.54, 1.807) is 23.7 Å². The molecule has 0 aliphatic heterocycles. The van der Waals surface area contributed by atoms with Crippen LogP contribution in [0.1, 0.15) is 99.4 Å². The Hall–Kier alpha value is -5.63. The number of imidazole rings is 2. The number of aromatic amines is 2. The first-order chi connectivity index (χ1) is 31.9. The molecule has 5 aromatic heterocycles. The minimum Gasteiger partial charge on any atom is -0.378 e. The summed E-state index contributed by atoms with van der Waals surface area (Å²) in [5, 5.41) is 10.3. The lowest BCUT2D eigenvalue weighted by Crippen LogP contribution is -2.25. The van der Waals surface area contributed by atoms with Gasteiger partial charge in [-0.1, -0.05) is 75.1 Å². The lowest BCUT2D eigenvalue weighted by Gasteiger charge is -2.23. The number of benzene rings is 1. The minimum atomic E-state index is -0.0248. The maximum atomic E-state index is 12.7. The van der Waals surface area contributed by atoms with Crippen LogP contribution in [0.2, 0.25) is 0 Å². The Kier molecular flexibility index (Phi) is 20.3. The molecule has 0 saturated heterocycles. The van der Waals surface area contributed by atoms with Gasteiger partial charge in [-0.15, -0.1) is 0 Å². The number of carbonyl (C=O) groups excluding carboxylic acids is 2. The smallest absolute Gasteiger partial charge is 0.225 e. The molecule has 6 rings (SSSR count). The first kappa shape index (κ1) is 48.8. The largest absolute Gasteiger partial charge is 0.378 e. The van der Waals surface area contributed by atoms with E-state index in [1.165, 1.54) is 0 Å². The molecule has 0 atom stereocenters. The molecule has 2 amide bonds. The molecule has 1 aromatic carbocycles. The van der Waals surface area contributed by atoms with Gasteiger partial charge in [-0.2, -0.15) is 0 Å². The normalized spacial score (nSPS) is 11.5. The summed E-state index contributed by atoms with van der Waals surface area (Å²) in [6.45, 7) is 10.5. The highest BCUT2D eigenvalue weighted by Gasteiger charge is 2.20. The number of aromatic nitrogens is 7. The van der Waals surface area contributed by atoms with Crippen molar-refractivity contribution in [1.82, 2.24) is 44.7 Å². The third kappa shape index (κ3) is 16.7. The van der Waals surface area contributed by atoms with E-state index in [9.17, 15) is 9.59 Å². The molecule has 0 radical (unpaired) electrons. The standard InChI is InChI=1S/C47H65N13O4S/c1-3-5-7-15-43(61)56-39-13-9-11-37(54-39)31-59(33-41-49-20-21-50-41)29-35-17-18-36(46-45(35)58-47(65-46)53-24-26-64-28-27-63-25-19-48)30-60(34-42-51-22-23-52-42)32-38-12-10-14-40(55-38)57-44(62)16-8-6-4-2/h9-14,17-18,20-23H,3-8,15-16,19,24-34,48H2,1-2H3,(H,49,50)(H,51,52)(H,53,58)(H,54,56,61)(H,55,57,62). The summed E-state index contributed by atoms with van der Waals surface area (Å²) >= 11 is 1.62. The average molecular weight is 908 g/mol. The number of amides is 2. The molecule has 348 valence electrons. The SMILES string of the molecule is CCCCCC(=O)Nc1cccc(CN(Cc2ncc[nH]2)Cc2ccc(CN(Cc3cccc(NC(=O)CCCCC)n3)Cc3ncc[nH]3)c3sc(NCCOCCOCCN)nc23)n1. The van der Waals surface area contributed by atoms with Crippen molar-refractivity contribution in [2.24, 2.45) is 5.73 Å². The van der Waals surface area contributed by atoms with Crippen LogP contribution >= 0.6 is 11.3 Å². The Morgan fingerprint density at radius 3 is 1.75 bits per heavy atom. The molecule has 0 spiro atoms. The van der Waals surface area contributed by atoms with Crippen LogP contribution in [-0.4, -0.2) is 96.0 Å². The summed E-state index contributed by atoms with van der Waals surface area (Å²) in [6, 6.07) is 15.9. The number of ether oxygens (including phenoxy) is 2. The molecule has 0 aliphatic rings. The maximum absolute atomic E-state index is 12.7. The van der Waals surface area contributed by atoms with Crippen molar-refractivity contribution in [2.45, 2.75) is 104 Å². The van der Waals surface area contributed by atoms with E-state index >= 15 is 0 Å². The van der Waals surface area contributed by atoms with Crippen molar-refractivity contribution in [3.63, 3.8) is 0 Å². The molecule has 17 nitrogen and oxygen atoms in total. The molecule has 18 heteroatoms. The van der Waals surface area contributed by atoms with Crippen LogP contribution < -0.4 is 21.7 Å². The van der Waals surface area contributed by atoms with Gasteiger partial charge >= 0.3 is 0 Å². The minimum absolute atomic E-state index is 0.0232. The van der Waals surface area contributed by atoms with Gasteiger partial charge in [0.25, 0.3) is 0 Å². The second-order valence-corrected chi connectivity index (χ2v) is 16.9. The number of carbonyl (C=O) groups is 2. The Balaban J connectivity index is 1.25. The molecule has 65 heavy (non-hydrogen) atoms.